The van der Waals surface area contributed by atoms with E-state index in [-0.39, 0.29) is 23.4 Å². The lowest BCUT2D eigenvalue weighted by Crippen LogP contribution is -2.39. The third kappa shape index (κ3) is 4.88. The molecule has 1 aliphatic rings. The highest BCUT2D eigenvalue weighted by atomic mass is 16.2. The van der Waals surface area contributed by atoms with E-state index in [9.17, 15) is 9.59 Å². The Hall–Kier alpha value is -2.82. The van der Waals surface area contributed by atoms with Gasteiger partial charge in [-0.2, -0.15) is 0 Å². The summed E-state index contributed by atoms with van der Waals surface area (Å²) in [5, 5.41) is 8.77. The standard InChI is InChI=1S/C22H27N3O2/c1-15(14-22(2,3)17-7-5-4-6-8-17)23-21(27)24-18-10-11-19-16(13-18)9-12-20(26)25-19/h4-8,10-11,13,15H,9,12,14H2,1-3H3,(H,25,26)(H2,23,24,27). The lowest BCUT2D eigenvalue weighted by atomic mass is 9.79. The molecule has 2 aromatic rings. The number of fused-ring (bicyclic) bond motifs is 1. The molecule has 3 N–H and O–H groups in total. The summed E-state index contributed by atoms with van der Waals surface area (Å²) in [5.41, 5.74) is 3.84. The molecule has 0 spiro atoms. The molecule has 142 valence electrons. The summed E-state index contributed by atoms with van der Waals surface area (Å²) in [4.78, 5) is 23.8. The van der Waals surface area contributed by atoms with Crippen LogP contribution in [0.1, 0.15) is 44.7 Å². The number of aryl methyl sites for hydroxylation is 1. The smallest absolute Gasteiger partial charge is 0.319 e. The van der Waals surface area contributed by atoms with Crippen LogP contribution in [0.15, 0.2) is 48.5 Å². The zero-order valence-electron chi connectivity index (χ0n) is 16.1. The highest BCUT2D eigenvalue weighted by Gasteiger charge is 2.24. The van der Waals surface area contributed by atoms with Crippen molar-refractivity contribution in [2.75, 3.05) is 10.6 Å². The van der Waals surface area contributed by atoms with Crippen molar-refractivity contribution in [3.8, 4) is 0 Å². The molecule has 5 heteroatoms. The van der Waals surface area contributed by atoms with Crippen molar-refractivity contribution in [3.05, 3.63) is 59.7 Å². The first-order chi connectivity index (χ1) is 12.8. The minimum Gasteiger partial charge on any atom is -0.335 e. The van der Waals surface area contributed by atoms with Crippen LogP contribution in [0.2, 0.25) is 0 Å². The minimum absolute atomic E-state index is 0.0251. The van der Waals surface area contributed by atoms with E-state index < -0.39 is 0 Å². The molecule has 3 rings (SSSR count). The van der Waals surface area contributed by atoms with Crippen LogP contribution in [0.3, 0.4) is 0 Å². The van der Waals surface area contributed by atoms with Crippen LogP contribution < -0.4 is 16.0 Å². The first-order valence-electron chi connectivity index (χ1n) is 9.39. The van der Waals surface area contributed by atoms with E-state index in [0.717, 1.165) is 23.4 Å². The molecule has 1 aliphatic heterocycles. The average molecular weight is 365 g/mol. The normalized spacial score (nSPS) is 14.7. The quantitative estimate of drug-likeness (QED) is 0.733. The van der Waals surface area contributed by atoms with Gasteiger partial charge >= 0.3 is 6.03 Å². The number of anilines is 2. The number of amides is 3. The monoisotopic (exact) mass is 365 g/mol. The second kappa shape index (κ2) is 7.82. The summed E-state index contributed by atoms with van der Waals surface area (Å²) in [7, 11) is 0. The van der Waals surface area contributed by atoms with Gasteiger partial charge in [-0.05, 0) is 54.5 Å². The molecule has 1 unspecified atom stereocenters. The molecular weight excluding hydrogens is 338 g/mol. The number of hydrogen-bond donors (Lipinski definition) is 3. The Labute approximate surface area is 160 Å². The lowest BCUT2D eigenvalue weighted by molar-refractivity contribution is -0.116. The zero-order valence-corrected chi connectivity index (χ0v) is 16.1. The largest absolute Gasteiger partial charge is 0.335 e. The van der Waals surface area contributed by atoms with Crippen LogP contribution in [0.5, 0.6) is 0 Å². The molecular formula is C22H27N3O2. The van der Waals surface area contributed by atoms with Gasteiger partial charge in [0.25, 0.3) is 0 Å². The summed E-state index contributed by atoms with van der Waals surface area (Å²) in [6.45, 7) is 6.40. The molecule has 0 bridgehead atoms. The fourth-order valence-electron chi connectivity index (χ4n) is 3.68. The molecule has 0 aromatic heterocycles. The van der Waals surface area contributed by atoms with E-state index >= 15 is 0 Å². The fourth-order valence-corrected chi connectivity index (χ4v) is 3.68. The number of hydrogen-bond acceptors (Lipinski definition) is 2. The average Bonchev–Trinajstić information content (AvgIpc) is 2.62. The van der Waals surface area contributed by atoms with Crippen molar-refractivity contribution in [2.24, 2.45) is 0 Å². The molecule has 0 saturated heterocycles. The maximum atomic E-state index is 12.4. The third-order valence-electron chi connectivity index (χ3n) is 5.01. The van der Waals surface area contributed by atoms with Gasteiger partial charge < -0.3 is 16.0 Å². The predicted molar refractivity (Wildman–Crippen MR) is 109 cm³/mol. The summed E-state index contributed by atoms with van der Waals surface area (Å²) < 4.78 is 0. The third-order valence-corrected chi connectivity index (χ3v) is 5.01. The predicted octanol–water partition coefficient (Wildman–Crippen LogP) is 4.45. The Morgan fingerprint density at radius 3 is 2.63 bits per heavy atom. The molecule has 2 aromatic carbocycles. The molecule has 0 saturated carbocycles. The SMILES string of the molecule is CC(CC(C)(C)c1ccccc1)NC(=O)Nc1ccc2c(c1)CCC(=O)N2. The van der Waals surface area contributed by atoms with E-state index in [1.807, 2.05) is 43.3 Å². The number of rotatable bonds is 5. The fraction of sp³-hybridized carbons (Fsp3) is 0.364. The number of nitrogens with one attached hydrogen (secondary N) is 3. The van der Waals surface area contributed by atoms with E-state index in [1.165, 1.54) is 5.56 Å². The molecule has 3 amide bonds. The first-order valence-corrected chi connectivity index (χ1v) is 9.39. The van der Waals surface area contributed by atoms with Gasteiger partial charge in [0, 0.05) is 23.8 Å². The Bertz CT molecular complexity index is 831. The molecule has 1 atom stereocenters. The highest BCUT2D eigenvalue weighted by molar-refractivity contribution is 5.95. The van der Waals surface area contributed by atoms with Crippen LogP contribution in [0, 0.1) is 0 Å². The minimum atomic E-state index is -0.217. The van der Waals surface area contributed by atoms with Gasteiger partial charge in [0.1, 0.15) is 0 Å². The van der Waals surface area contributed by atoms with Crippen LogP contribution in [0.4, 0.5) is 16.2 Å². The Morgan fingerprint density at radius 2 is 1.89 bits per heavy atom. The number of urea groups is 1. The van der Waals surface area contributed by atoms with Crippen LogP contribution in [0.25, 0.3) is 0 Å². The molecule has 5 nitrogen and oxygen atoms in total. The second-order valence-corrected chi connectivity index (χ2v) is 7.87. The van der Waals surface area contributed by atoms with Gasteiger partial charge in [0.2, 0.25) is 5.91 Å². The van der Waals surface area contributed by atoms with Gasteiger partial charge in [0.15, 0.2) is 0 Å². The van der Waals surface area contributed by atoms with Crippen LogP contribution in [-0.4, -0.2) is 18.0 Å². The van der Waals surface area contributed by atoms with Crippen LogP contribution >= 0.6 is 0 Å². The molecule has 0 aliphatic carbocycles. The molecule has 27 heavy (non-hydrogen) atoms. The van der Waals surface area contributed by atoms with Crippen molar-refractivity contribution in [2.45, 2.75) is 51.5 Å². The van der Waals surface area contributed by atoms with E-state index in [0.29, 0.717) is 12.8 Å². The number of carbonyl (C=O) groups excluding carboxylic acids is 2. The summed E-state index contributed by atoms with van der Waals surface area (Å²) in [6.07, 6.45) is 2.01. The maximum absolute atomic E-state index is 12.4. The number of carbonyl (C=O) groups is 2. The number of benzene rings is 2. The summed E-state index contributed by atoms with van der Waals surface area (Å²) in [5.74, 6) is 0.0378. The lowest BCUT2D eigenvalue weighted by Gasteiger charge is -2.29. The van der Waals surface area contributed by atoms with Gasteiger partial charge in [0.05, 0.1) is 0 Å². The summed E-state index contributed by atoms with van der Waals surface area (Å²) >= 11 is 0. The van der Waals surface area contributed by atoms with Crippen molar-refractivity contribution in [1.82, 2.24) is 5.32 Å². The Morgan fingerprint density at radius 1 is 1.15 bits per heavy atom. The van der Waals surface area contributed by atoms with Gasteiger partial charge in [-0.15, -0.1) is 0 Å². The summed E-state index contributed by atoms with van der Waals surface area (Å²) in [6, 6.07) is 15.7. The molecule has 0 fully saturated rings. The molecule has 1 heterocycles. The topological polar surface area (TPSA) is 70.2 Å². The van der Waals surface area contributed by atoms with Gasteiger partial charge in [-0.1, -0.05) is 44.2 Å². The Balaban J connectivity index is 1.57. The van der Waals surface area contributed by atoms with Crippen molar-refractivity contribution in [1.29, 1.82) is 0 Å². The van der Waals surface area contributed by atoms with E-state index in [4.69, 9.17) is 0 Å². The van der Waals surface area contributed by atoms with Gasteiger partial charge in [-0.25, -0.2) is 4.79 Å². The van der Waals surface area contributed by atoms with E-state index in [2.05, 4.69) is 41.9 Å². The second-order valence-electron chi connectivity index (χ2n) is 7.87. The van der Waals surface area contributed by atoms with Crippen molar-refractivity contribution >= 4 is 23.3 Å². The zero-order chi connectivity index (χ0) is 19.4. The Kier molecular flexibility index (Phi) is 5.49. The highest BCUT2D eigenvalue weighted by Crippen LogP contribution is 2.28. The van der Waals surface area contributed by atoms with E-state index in [1.54, 1.807) is 0 Å². The van der Waals surface area contributed by atoms with Crippen molar-refractivity contribution in [3.63, 3.8) is 0 Å². The molecule has 0 radical (unpaired) electrons. The van der Waals surface area contributed by atoms with Crippen LogP contribution in [-0.2, 0) is 16.6 Å². The maximum Gasteiger partial charge on any atom is 0.319 e. The van der Waals surface area contributed by atoms with Crippen molar-refractivity contribution < 1.29 is 9.59 Å². The first kappa shape index (κ1) is 19.0. The van der Waals surface area contributed by atoms with Gasteiger partial charge in [-0.3, -0.25) is 4.79 Å².